The van der Waals surface area contributed by atoms with E-state index in [1.165, 1.54) is 23.7 Å². The van der Waals surface area contributed by atoms with Crippen molar-refractivity contribution in [1.29, 1.82) is 0 Å². The number of hydrogen-bond donors (Lipinski definition) is 1. The number of aromatic carboxylic acids is 1. The minimum absolute atomic E-state index is 0.0244. The van der Waals surface area contributed by atoms with Crippen molar-refractivity contribution in [3.05, 3.63) is 30.2 Å². The second kappa shape index (κ2) is 5.51. The SMILES string of the molecule is CC1CCN(c2ccc(-n3nncc3C(=O)O)cn2)CC1. The number of rotatable bonds is 3. The molecule has 7 nitrogen and oxygen atoms in total. The maximum Gasteiger partial charge on any atom is 0.356 e. The number of hydrogen-bond acceptors (Lipinski definition) is 5. The van der Waals surface area contributed by atoms with Crippen LogP contribution >= 0.6 is 0 Å². The lowest BCUT2D eigenvalue weighted by Gasteiger charge is -2.31. The Morgan fingerprint density at radius 1 is 1.29 bits per heavy atom. The van der Waals surface area contributed by atoms with Crippen molar-refractivity contribution in [2.75, 3.05) is 18.0 Å². The molecule has 110 valence electrons. The van der Waals surface area contributed by atoms with E-state index in [9.17, 15) is 4.79 Å². The van der Waals surface area contributed by atoms with Crippen LogP contribution < -0.4 is 4.90 Å². The number of anilines is 1. The molecule has 0 amide bonds. The van der Waals surface area contributed by atoms with Gasteiger partial charge in [0, 0.05) is 13.1 Å². The summed E-state index contributed by atoms with van der Waals surface area (Å²) in [7, 11) is 0. The summed E-state index contributed by atoms with van der Waals surface area (Å²) in [6, 6.07) is 3.72. The van der Waals surface area contributed by atoms with E-state index < -0.39 is 5.97 Å². The molecule has 1 fully saturated rings. The Morgan fingerprint density at radius 2 is 2.05 bits per heavy atom. The van der Waals surface area contributed by atoms with E-state index in [-0.39, 0.29) is 5.69 Å². The highest BCUT2D eigenvalue weighted by atomic mass is 16.4. The van der Waals surface area contributed by atoms with Gasteiger partial charge >= 0.3 is 5.97 Å². The van der Waals surface area contributed by atoms with E-state index in [0.717, 1.165) is 24.8 Å². The van der Waals surface area contributed by atoms with Crippen LogP contribution in [0, 0.1) is 5.92 Å². The number of carbonyl (C=O) groups is 1. The Morgan fingerprint density at radius 3 is 2.67 bits per heavy atom. The lowest BCUT2D eigenvalue weighted by atomic mass is 9.99. The molecule has 0 bridgehead atoms. The van der Waals surface area contributed by atoms with Crippen LogP contribution in [0.1, 0.15) is 30.3 Å². The molecule has 21 heavy (non-hydrogen) atoms. The zero-order valence-electron chi connectivity index (χ0n) is 11.8. The second-order valence-corrected chi connectivity index (χ2v) is 5.38. The number of carboxylic acids is 1. The molecule has 0 atom stereocenters. The quantitative estimate of drug-likeness (QED) is 0.923. The average molecular weight is 287 g/mol. The van der Waals surface area contributed by atoms with Crippen LogP contribution in [0.5, 0.6) is 0 Å². The van der Waals surface area contributed by atoms with Gasteiger partial charge in [-0.2, -0.15) is 0 Å². The Labute approximate surface area is 122 Å². The molecule has 1 aliphatic heterocycles. The fraction of sp³-hybridized carbons (Fsp3) is 0.429. The Hall–Kier alpha value is -2.44. The minimum Gasteiger partial charge on any atom is -0.476 e. The monoisotopic (exact) mass is 287 g/mol. The summed E-state index contributed by atoms with van der Waals surface area (Å²) in [5.41, 5.74) is 0.621. The number of carboxylic acid groups (broad SMARTS) is 1. The van der Waals surface area contributed by atoms with Gasteiger partial charge < -0.3 is 10.0 Å². The lowest BCUT2D eigenvalue weighted by molar-refractivity contribution is 0.0687. The van der Waals surface area contributed by atoms with Gasteiger partial charge in [0.15, 0.2) is 5.69 Å². The summed E-state index contributed by atoms with van der Waals surface area (Å²) in [4.78, 5) is 17.8. The number of piperidine rings is 1. The Kier molecular flexibility index (Phi) is 3.55. The van der Waals surface area contributed by atoms with Crippen molar-refractivity contribution in [1.82, 2.24) is 20.0 Å². The van der Waals surface area contributed by atoms with E-state index in [4.69, 9.17) is 5.11 Å². The molecule has 3 rings (SSSR count). The van der Waals surface area contributed by atoms with Gasteiger partial charge in [-0.05, 0) is 30.9 Å². The molecular formula is C14H17N5O2. The zero-order chi connectivity index (χ0) is 14.8. The fourth-order valence-corrected chi connectivity index (χ4v) is 2.50. The predicted molar refractivity (Wildman–Crippen MR) is 76.7 cm³/mol. The summed E-state index contributed by atoms with van der Waals surface area (Å²) in [6.07, 6.45) is 5.21. The van der Waals surface area contributed by atoms with Crippen LogP contribution in [0.25, 0.3) is 5.69 Å². The van der Waals surface area contributed by atoms with Crippen molar-refractivity contribution in [2.24, 2.45) is 5.92 Å². The van der Waals surface area contributed by atoms with Gasteiger partial charge in [0.05, 0.1) is 18.1 Å². The van der Waals surface area contributed by atoms with Crippen molar-refractivity contribution in [3.63, 3.8) is 0 Å². The van der Waals surface area contributed by atoms with Crippen LogP contribution in [0.2, 0.25) is 0 Å². The third-order valence-electron chi connectivity index (χ3n) is 3.85. The standard InChI is InChI=1S/C14H17N5O2/c1-10-4-6-18(7-5-10)13-3-2-11(8-15-13)19-12(14(20)21)9-16-17-19/h2-3,8-10H,4-7H2,1H3,(H,20,21). The summed E-state index contributed by atoms with van der Waals surface area (Å²) >= 11 is 0. The highest BCUT2D eigenvalue weighted by Gasteiger charge is 2.18. The number of nitrogens with zero attached hydrogens (tertiary/aromatic N) is 5. The molecule has 1 N–H and O–H groups in total. The van der Waals surface area contributed by atoms with Gasteiger partial charge in [0.1, 0.15) is 5.82 Å². The third-order valence-corrected chi connectivity index (χ3v) is 3.85. The molecule has 0 saturated carbocycles. The average Bonchev–Trinajstić information content (AvgIpc) is 2.98. The topological polar surface area (TPSA) is 84.1 Å². The minimum atomic E-state index is -1.06. The summed E-state index contributed by atoms with van der Waals surface area (Å²) < 4.78 is 1.28. The van der Waals surface area contributed by atoms with Gasteiger partial charge in [0.2, 0.25) is 0 Å². The highest BCUT2D eigenvalue weighted by molar-refractivity contribution is 5.85. The maximum absolute atomic E-state index is 11.1. The van der Waals surface area contributed by atoms with Gasteiger partial charge in [-0.1, -0.05) is 12.1 Å². The van der Waals surface area contributed by atoms with Crippen molar-refractivity contribution < 1.29 is 9.90 Å². The van der Waals surface area contributed by atoms with Gasteiger partial charge in [0.25, 0.3) is 0 Å². The van der Waals surface area contributed by atoms with E-state index in [1.54, 1.807) is 6.20 Å². The van der Waals surface area contributed by atoms with Crippen molar-refractivity contribution >= 4 is 11.8 Å². The zero-order valence-corrected chi connectivity index (χ0v) is 11.8. The van der Waals surface area contributed by atoms with Crippen molar-refractivity contribution in [3.8, 4) is 5.69 Å². The summed E-state index contributed by atoms with van der Waals surface area (Å²) in [5.74, 6) is 0.630. The first kappa shape index (κ1) is 13.5. The first-order valence-corrected chi connectivity index (χ1v) is 7.00. The first-order chi connectivity index (χ1) is 10.1. The van der Waals surface area contributed by atoms with Gasteiger partial charge in [-0.25, -0.2) is 14.5 Å². The predicted octanol–water partition coefficient (Wildman–Crippen LogP) is 1.60. The van der Waals surface area contributed by atoms with Gasteiger partial charge in [-0.15, -0.1) is 5.10 Å². The maximum atomic E-state index is 11.1. The smallest absolute Gasteiger partial charge is 0.356 e. The second-order valence-electron chi connectivity index (χ2n) is 5.38. The fourth-order valence-electron chi connectivity index (χ4n) is 2.50. The van der Waals surface area contributed by atoms with Crippen LogP contribution in [0.4, 0.5) is 5.82 Å². The molecule has 1 aliphatic rings. The van der Waals surface area contributed by atoms with Crippen LogP contribution in [0.15, 0.2) is 24.5 Å². The molecule has 2 aromatic heterocycles. The van der Waals surface area contributed by atoms with E-state index in [0.29, 0.717) is 5.69 Å². The summed E-state index contributed by atoms with van der Waals surface area (Å²) in [6.45, 7) is 4.29. The largest absolute Gasteiger partial charge is 0.476 e. The summed E-state index contributed by atoms with van der Waals surface area (Å²) in [5, 5.41) is 16.5. The molecule has 0 aliphatic carbocycles. The van der Waals surface area contributed by atoms with E-state index in [1.807, 2.05) is 12.1 Å². The Bertz CT molecular complexity index is 629. The van der Waals surface area contributed by atoms with Crippen LogP contribution in [0.3, 0.4) is 0 Å². The normalized spacial score (nSPS) is 16.1. The molecular weight excluding hydrogens is 270 g/mol. The molecule has 1 saturated heterocycles. The third kappa shape index (κ3) is 2.72. The van der Waals surface area contributed by atoms with Crippen molar-refractivity contribution in [2.45, 2.75) is 19.8 Å². The first-order valence-electron chi connectivity index (χ1n) is 7.00. The molecule has 2 aromatic rings. The van der Waals surface area contributed by atoms with E-state index >= 15 is 0 Å². The van der Waals surface area contributed by atoms with Crippen LogP contribution in [-0.4, -0.2) is 44.1 Å². The molecule has 7 heteroatoms. The highest BCUT2D eigenvalue weighted by Crippen LogP contribution is 2.22. The number of pyridine rings is 1. The molecule has 0 radical (unpaired) electrons. The lowest BCUT2D eigenvalue weighted by Crippen LogP contribution is -2.33. The van der Waals surface area contributed by atoms with E-state index in [2.05, 4.69) is 27.1 Å². The number of aromatic nitrogens is 4. The van der Waals surface area contributed by atoms with Crippen LogP contribution in [-0.2, 0) is 0 Å². The van der Waals surface area contributed by atoms with Gasteiger partial charge in [-0.3, -0.25) is 0 Å². The molecule has 0 aromatic carbocycles. The Balaban J connectivity index is 1.81. The molecule has 0 unspecified atom stereocenters. The molecule has 0 spiro atoms. The molecule has 3 heterocycles.